The van der Waals surface area contributed by atoms with Crippen molar-refractivity contribution in [2.24, 2.45) is 17.8 Å². The highest BCUT2D eigenvalue weighted by Crippen LogP contribution is 2.54. The van der Waals surface area contributed by atoms with Gasteiger partial charge in [0.2, 0.25) is 14.1 Å². The van der Waals surface area contributed by atoms with Gasteiger partial charge in [-0.1, -0.05) is 20.4 Å². The molecular weight excluding hydrogens is 424 g/mol. The summed E-state index contributed by atoms with van der Waals surface area (Å²) in [6.07, 6.45) is 1.95. The van der Waals surface area contributed by atoms with Crippen LogP contribution in [-0.2, 0) is 23.1 Å². The van der Waals surface area contributed by atoms with Gasteiger partial charge < -0.3 is 18.3 Å². The summed E-state index contributed by atoms with van der Waals surface area (Å²) in [4.78, 5) is 13.1. The molecule has 0 fully saturated rings. The van der Waals surface area contributed by atoms with Gasteiger partial charge in [0.05, 0.1) is 6.61 Å². The Morgan fingerprint density at radius 1 is 1.19 bits per heavy atom. The van der Waals surface area contributed by atoms with E-state index < -0.39 is 28.2 Å². The number of hydrogen-bond acceptors (Lipinski definition) is 5. The van der Waals surface area contributed by atoms with Gasteiger partial charge in [0.15, 0.2) is 8.32 Å². The molecule has 2 rings (SSSR count). The Morgan fingerprint density at radius 3 is 2.19 bits per heavy atom. The molecule has 0 N–H and O–H groups in total. The zero-order valence-electron chi connectivity index (χ0n) is 21.3. The monoisotopic (exact) mass is 466 g/mol. The molecule has 0 amide bonds. The highest BCUT2D eigenvalue weighted by Gasteiger charge is 2.58. The lowest BCUT2D eigenvalue weighted by Gasteiger charge is -2.48. The molecule has 31 heavy (non-hydrogen) atoms. The van der Waals surface area contributed by atoms with Crippen molar-refractivity contribution in [3.63, 3.8) is 0 Å². The lowest BCUT2D eigenvalue weighted by atomic mass is 9.66. The van der Waals surface area contributed by atoms with Crippen molar-refractivity contribution in [2.45, 2.75) is 85.6 Å². The van der Waals surface area contributed by atoms with Gasteiger partial charge in [0, 0.05) is 11.5 Å². The third-order valence-electron chi connectivity index (χ3n) is 5.53. The van der Waals surface area contributed by atoms with Crippen LogP contribution in [0, 0.1) is 17.8 Å². The van der Waals surface area contributed by atoms with E-state index in [1.807, 2.05) is 13.8 Å². The van der Waals surface area contributed by atoms with Crippen molar-refractivity contribution >= 4 is 22.6 Å². The summed E-state index contributed by atoms with van der Waals surface area (Å²) in [6.45, 7) is 27.7. The predicted molar refractivity (Wildman–Crippen MR) is 131 cm³/mol. The first-order chi connectivity index (χ1) is 14.0. The van der Waals surface area contributed by atoms with Crippen LogP contribution >= 0.6 is 0 Å². The second-order valence-corrected chi connectivity index (χ2v) is 20.0. The molecular formula is C24H42O5Si2. The number of esters is 1. The Hall–Kier alpha value is -1.32. The second kappa shape index (κ2) is 8.91. The van der Waals surface area contributed by atoms with Gasteiger partial charge in [0.25, 0.3) is 0 Å². The van der Waals surface area contributed by atoms with Crippen LogP contribution in [0.15, 0.2) is 35.3 Å². The van der Waals surface area contributed by atoms with Crippen LogP contribution < -0.4 is 0 Å². The minimum Gasteiger partial charge on any atom is -0.545 e. The molecule has 0 radical (unpaired) electrons. The first-order valence-electron chi connectivity index (χ1n) is 11.4. The second-order valence-electron chi connectivity index (χ2n) is 11.2. The highest BCUT2D eigenvalue weighted by atomic mass is 28.4. The number of rotatable bonds is 8. The first-order valence-corrected chi connectivity index (χ1v) is 18.2. The number of carbonyl (C=O) groups is 1. The van der Waals surface area contributed by atoms with Gasteiger partial charge in [-0.25, -0.2) is 4.79 Å². The standard InChI is InChI=1S/C24H42O5Si2/c1-13-26-23(25)22-20-19(21(27-22)16(4)5)17(15(2)3)14-18(28-30(7,8)9)24(20,6)29-31(10,11)12/h14-15,17,19,21H,4,13H2,1-3,5-12H3/t17-,19-,21+,24-/m1/s1. The van der Waals surface area contributed by atoms with Crippen molar-refractivity contribution in [1.29, 1.82) is 0 Å². The van der Waals surface area contributed by atoms with Gasteiger partial charge in [-0.15, -0.1) is 0 Å². The van der Waals surface area contributed by atoms with E-state index in [4.69, 9.17) is 18.3 Å². The van der Waals surface area contributed by atoms with Crippen LogP contribution in [0.25, 0.3) is 0 Å². The quantitative estimate of drug-likeness (QED) is 0.248. The maximum atomic E-state index is 13.1. The average Bonchev–Trinajstić information content (AvgIpc) is 2.96. The summed E-state index contributed by atoms with van der Waals surface area (Å²) in [7, 11) is -4.00. The van der Waals surface area contributed by atoms with Gasteiger partial charge >= 0.3 is 5.97 Å². The third-order valence-corrected chi connectivity index (χ3v) is 7.39. The molecule has 1 aliphatic carbocycles. The lowest BCUT2D eigenvalue weighted by molar-refractivity contribution is -0.142. The molecule has 0 aromatic carbocycles. The van der Waals surface area contributed by atoms with Crippen LogP contribution in [-0.4, -0.2) is 40.9 Å². The Balaban J connectivity index is 2.85. The van der Waals surface area contributed by atoms with E-state index in [1.165, 1.54) is 0 Å². The third kappa shape index (κ3) is 5.55. The smallest absolute Gasteiger partial charge is 0.373 e. The van der Waals surface area contributed by atoms with E-state index in [0.717, 1.165) is 16.9 Å². The topological polar surface area (TPSA) is 54.0 Å². The Labute approximate surface area is 191 Å². The van der Waals surface area contributed by atoms with Gasteiger partial charge in [-0.05, 0) is 83.5 Å². The fourth-order valence-electron chi connectivity index (χ4n) is 4.61. The van der Waals surface area contributed by atoms with E-state index in [9.17, 15) is 4.79 Å². The normalized spacial score (nSPS) is 28.8. The molecule has 0 aromatic rings. The zero-order chi connectivity index (χ0) is 23.9. The SMILES string of the molecule is C=C(C)[C@@H]1OC(C(=O)OCC)=C2[C@H]1[C@@H](C(C)C)C=C(O[Si](C)(C)C)[C@@]2(C)O[Si](C)(C)C. The molecule has 2 aliphatic rings. The fraction of sp³-hybridized carbons (Fsp3) is 0.708. The molecule has 0 unspecified atom stereocenters. The van der Waals surface area contributed by atoms with Crippen molar-refractivity contribution in [2.75, 3.05) is 6.61 Å². The van der Waals surface area contributed by atoms with Crippen LogP contribution in [0.3, 0.4) is 0 Å². The molecule has 0 aromatic heterocycles. The molecule has 7 heteroatoms. The number of carbonyl (C=O) groups excluding carboxylic acids is 1. The minimum absolute atomic E-state index is 0.0489. The minimum atomic E-state index is -2.04. The van der Waals surface area contributed by atoms with E-state index in [1.54, 1.807) is 6.92 Å². The summed E-state index contributed by atoms with van der Waals surface area (Å²) in [6, 6.07) is 0. The van der Waals surface area contributed by atoms with Crippen LogP contribution in [0.2, 0.25) is 39.3 Å². The predicted octanol–water partition coefficient (Wildman–Crippen LogP) is 6.03. The van der Waals surface area contributed by atoms with Crippen LogP contribution in [0.1, 0.15) is 34.6 Å². The zero-order valence-corrected chi connectivity index (χ0v) is 23.3. The van der Waals surface area contributed by atoms with Gasteiger partial charge in [-0.3, -0.25) is 0 Å². The fourth-order valence-corrected chi connectivity index (χ4v) is 6.97. The van der Waals surface area contributed by atoms with E-state index >= 15 is 0 Å². The molecule has 0 spiro atoms. The van der Waals surface area contributed by atoms with Crippen molar-refractivity contribution in [1.82, 2.24) is 0 Å². The molecule has 1 heterocycles. The van der Waals surface area contributed by atoms with E-state index in [-0.39, 0.29) is 30.3 Å². The summed E-state index contributed by atoms with van der Waals surface area (Å²) in [5, 5.41) is 0. The number of hydrogen-bond donors (Lipinski definition) is 0. The summed E-state index contributed by atoms with van der Waals surface area (Å²) < 4.78 is 25.2. The summed E-state index contributed by atoms with van der Waals surface area (Å²) >= 11 is 0. The lowest BCUT2D eigenvalue weighted by Crippen LogP contribution is -2.52. The Kier molecular flexibility index (Phi) is 7.45. The number of ether oxygens (including phenoxy) is 2. The maximum absolute atomic E-state index is 13.1. The Morgan fingerprint density at radius 2 is 1.77 bits per heavy atom. The first kappa shape index (κ1) is 25.9. The van der Waals surface area contributed by atoms with Gasteiger partial charge in [0.1, 0.15) is 17.5 Å². The number of allylic oxidation sites excluding steroid dienone is 1. The van der Waals surface area contributed by atoms with Gasteiger partial charge in [-0.2, -0.15) is 0 Å². The molecule has 0 saturated carbocycles. The molecule has 4 atom stereocenters. The van der Waals surface area contributed by atoms with Crippen molar-refractivity contribution in [3.8, 4) is 0 Å². The highest BCUT2D eigenvalue weighted by molar-refractivity contribution is 6.70. The van der Waals surface area contributed by atoms with Crippen molar-refractivity contribution in [3.05, 3.63) is 35.3 Å². The largest absolute Gasteiger partial charge is 0.545 e. The van der Waals surface area contributed by atoms with Crippen LogP contribution in [0.4, 0.5) is 0 Å². The number of fused-ring (bicyclic) bond motifs is 1. The van der Waals surface area contributed by atoms with E-state index in [0.29, 0.717) is 5.92 Å². The average molecular weight is 467 g/mol. The molecule has 0 bridgehead atoms. The van der Waals surface area contributed by atoms with Crippen LogP contribution in [0.5, 0.6) is 0 Å². The summed E-state index contributed by atoms with van der Waals surface area (Å²) in [5.41, 5.74) is 0.870. The molecule has 176 valence electrons. The van der Waals surface area contributed by atoms with Crippen molar-refractivity contribution < 1.29 is 23.1 Å². The van der Waals surface area contributed by atoms with E-state index in [2.05, 4.69) is 65.8 Å². The molecule has 0 saturated heterocycles. The summed E-state index contributed by atoms with van der Waals surface area (Å²) in [5.74, 6) is 1.06. The Bertz CT molecular complexity index is 785. The molecule has 1 aliphatic heterocycles. The molecule has 5 nitrogen and oxygen atoms in total. The maximum Gasteiger partial charge on any atom is 0.373 e.